The fourth-order valence-corrected chi connectivity index (χ4v) is 2.27. The van der Waals surface area contributed by atoms with Crippen LogP contribution in [0.25, 0.3) is 0 Å². The minimum atomic E-state index is -2.89. The zero-order valence-corrected chi connectivity index (χ0v) is 13.0. The van der Waals surface area contributed by atoms with E-state index in [1.807, 2.05) is 26.0 Å². The van der Waals surface area contributed by atoms with E-state index < -0.39 is 12.5 Å². The molecule has 106 valence electrons. The summed E-state index contributed by atoms with van der Waals surface area (Å²) in [5.74, 6) is -2.89. The first-order valence-corrected chi connectivity index (χ1v) is 7.13. The molecule has 0 radical (unpaired) electrons. The molecule has 2 aromatic carbocycles. The lowest BCUT2D eigenvalue weighted by Crippen LogP contribution is -2.24. The molecular weight excluding hydrogens is 324 g/mol. The average Bonchev–Trinajstić information content (AvgIpc) is 2.43. The maximum atomic E-state index is 14.1. The van der Waals surface area contributed by atoms with Crippen LogP contribution < -0.4 is 5.32 Å². The highest BCUT2D eigenvalue weighted by Crippen LogP contribution is 2.29. The first-order chi connectivity index (χ1) is 9.40. The SMILES string of the molecule is Cc1cc(NCC(F)(F)c2ccccc2)cc(C)c1Br. The molecule has 1 N–H and O–H groups in total. The van der Waals surface area contributed by atoms with Gasteiger partial charge in [-0.25, -0.2) is 0 Å². The van der Waals surface area contributed by atoms with E-state index in [-0.39, 0.29) is 5.56 Å². The minimum Gasteiger partial charge on any atom is -0.379 e. The van der Waals surface area contributed by atoms with Crippen LogP contribution in [-0.4, -0.2) is 6.54 Å². The summed E-state index contributed by atoms with van der Waals surface area (Å²) in [5, 5.41) is 2.82. The van der Waals surface area contributed by atoms with Crippen LogP contribution in [0.5, 0.6) is 0 Å². The number of hydrogen-bond donors (Lipinski definition) is 1. The van der Waals surface area contributed by atoms with Crippen molar-refractivity contribution in [1.82, 2.24) is 0 Å². The topological polar surface area (TPSA) is 12.0 Å². The molecule has 0 amide bonds. The second-order valence-corrected chi connectivity index (χ2v) is 5.64. The molecular formula is C16H16BrF2N. The number of rotatable bonds is 4. The molecule has 0 atom stereocenters. The monoisotopic (exact) mass is 339 g/mol. The molecule has 2 aromatic rings. The third-order valence-electron chi connectivity index (χ3n) is 3.15. The van der Waals surface area contributed by atoms with Gasteiger partial charge in [-0.2, -0.15) is 8.78 Å². The van der Waals surface area contributed by atoms with Crippen molar-refractivity contribution in [3.8, 4) is 0 Å². The number of anilines is 1. The molecule has 0 aliphatic carbocycles. The molecule has 0 heterocycles. The van der Waals surface area contributed by atoms with Crippen molar-refractivity contribution in [2.24, 2.45) is 0 Å². The predicted octanol–water partition coefficient (Wildman–Crippen LogP) is 5.27. The lowest BCUT2D eigenvalue weighted by Gasteiger charge is -2.19. The highest BCUT2D eigenvalue weighted by atomic mass is 79.9. The fourth-order valence-electron chi connectivity index (χ4n) is 2.05. The number of halogens is 3. The summed E-state index contributed by atoms with van der Waals surface area (Å²) in [4.78, 5) is 0. The van der Waals surface area contributed by atoms with Crippen molar-refractivity contribution in [2.75, 3.05) is 11.9 Å². The van der Waals surface area contributed by atoms with Crippen LogP contribution in [0.4, 0.5) is 14.5 Å². The standard InChI is InChI=1S/C16H16BrF2N/c1-11-8-14(9-12(2)15(11)17)20-10-16(18,19)13-6-4-3-5-7-13/h3-9,20H,10H2,1-2H3. The van der Waals surface area contributed by atoms with E-state index in [0.717, 1.165) is 15.6 Å². The molecule has 0 bridgehead atoms. The summed E-state index contributed by atoms with van der Waals surface area (Å²) in [6.07, 6.45) is 0. The normalized spacial score (nSPS) is 11.4. The van der Waals surface area contributed by atoms with Crippen molar-refractivity contribution in [3.05, 3.63) is 63.6 Å². The first-order valence-electron chi connectivity index (χ1n) is 6.34. The van der Waals surface area contributed by atoms with Gasteiger partial charge in [0.25, 0.3) is 5.92 Å². The van der Waals surface area contributed by atoms with Gasteiger partial charge in [0, 0.05) is 15.7 Å². The fraction of sp³-hybridized carbons (Fsp3) is 0.250. The lowest BCUT2D eigenvalue weighted by atomic mass is 10.1. The Labute approximate surface area is 126 Å². The van der Waals surface area contributed by atoms with E-state index in [4.69, 9.17) is 0 Å². The van der Waals surface area contributed by atoms with Crippen LogP contribution in [0.3, 0.4) is 0 Å². The van der Waals surface area contributed by atoms with E-state index in [2.05, 4.69) is 21.2 Å². The zero-order chi connectivity index (χ0) is 14.8. The molecule has 2 rings (SSSR count). The predicted molar refractivity (Wildman–Crippen MR) is 82.4 cm³/mol. The Hall–Kier alpha value is -1.42. The minimum absolute atomic E-state index is 0.0260. The molecule has 0 saturated heterocycles. The van der Waals surface area contributed by atoms with E-state index in [1.165, 1.54) is 12.1 Å². The summed E-state index contributed by atoms with van der Waals surface area (Å²) < 4.78 is 29.1. The van der Waals surface area contributed by atoms with Gasteiger partial charge in [-0.3, -0.25) is 0 Å². The maximum absolute atomic E-state index is 14.1. The number of benzene rings is 2. The van der Waals surface area contributed by atoms with E-state index >= 15 is 0 Å². The number of aryl methyl sites for hydroxylation is 2. The highest BCUT2D eigenvalue weighted by Gasteiger charge is 2.30. The van der Waals surface area contributed by atoms with Gasteiger partial charge in [-0.05, 0) is 37.1 Å². The van der Waals surface area contributed by atoms with Crippen molar-refractivity contribution in [1.29, 1.82) is 0 Å². The summed E-state index contributed by atoms with van der Waals surface area (Å²) in [6.45, 7) is 3.47. The van der Waals surface area contributed by atoms with Gasteiger partial charge < -0.3 is 5.32 Å². The summed E-state index contributed by atoms with van der Waals surface area (Å²) in [7, 11) is 0. The Kier molecular flexibility index (Phi) is 4.43. The van der Waals surface area contributed by atoms with E-state index in [1.54, 1.807) is 18.2 Å². The first kappa shape index (κ1) is 15.0. The molecule has 0 aromatic heterocycles. The van der Waals surface area contributed by atoms with Crippen LogP contribution in [0, 0.1) is 13.8 Å². The van der Waals surface area contributed by atoms with Gasteiger partial charge in [-0.15, -0.1) is 0 Å². The highest BCUT2D eigenvalue weighted by molar-refractivity contribution is 9.10. The number of nitrogens with one attached hydrogen (secondary N) is 1. The molecule has 4 heteroatoms. The van der Waals surface area contributed by atoms with Crippen LogP contribution in [0.15, 0.2) is 46.9 Å². The molecule has 0 fully saturated rings. The van der Waals surface area contributed by atoms with E-state index in [9.17, 15) is 8.78 Å². The Balaban J connectivity index is 2.12. The smallest absolute Gasteiger partial charge is 0.290 e. The Bertz CT molecular complexity index is 574. The van der Waals surface area contributed by atoms with Gasteiger partial charge in [0.2, 0.25) is 0 Å². The lowest BCUT2D eigenvalue weighted by molar-refractivity contribution is 0.0106. The van der Waals surface area contributed by atoms with Gasteiger partial charge >= 0.3 is 0 Å². The zero-order valence-electron chi connectivity index (χ0n) is 11.4. The van der Waals surface area contributed by atoms with Gasteiger partial charge in [0.05, 0.1) is 6.54 Å². The van der Waals surface area contributed by atoms with Gasteiger partial charge in [0.15, 0.2) is 0 Å². The van der Waals surface area contributed by atoms with Gasteiger partial charge in [0.1, 0.15) is 0 Å². The Morgan fingerprint density at radius 3 is 2.15 bits per heavy atom. The molecule has 0 aliphatic rings. The van der Waals surface area contributed by atoms with Crippen molar-refractivity contribution in [3.63, 3.8) is 0 Å². The summed E-state index contributed by atoms with van der Waals surface area (Å²) >= 11 is 3.46. The van der Waals surface area contributed by atoms with Crippen LogP contribution in [0.1, 0.15) is 16.7 Å². The van der Waals surface area contributed by atoms with Crippen molar-refractivity contribution >= 4 is 21.6 Å². The van der Waals surface area contributed by atoms with Crippen LogP contribution >= 0.6 is 15.9 Å². The van der Waals surface area contributed by atoms with Crippen molar-refractivity contribution < 1.29 is 8.78 Å². The van der Waals surface area contributed by atoms with Crippen molar-refractivity contribution in [2.45, 2.75) is 19.8 Å². The number of hydrogen-bond acceptors (Lipinski definition) is 1. The van der Waals surface area contributed by atoms with Crippen LogP contribution in [-0.2, 0) is 5.92 Å². The Morgan fingerprint density at radius 2 is 1.60 bits per heavy atom. The quantitative estimate of drug-likeness (QED) is 0.799. The second kappa shape index (κ2) is 5.92. The molecule has 0 spiro atoms. The van der Waals surface area contributed by atoms with Crippen LogP contribution in [0.2, 0.25) is 0 Å². The summed E-state index contributed by atoms with van der Waals surface area (Å²) in [5.41, 5.74) is 2.78. The average molecular weight is 340 g/mol. The molecule has 1 nitrogen and oxygen atoms in total. The number of alkyl halides is 2. The largest absolute Gasteiger partial charge is 0.379 e. The molecule has 0 aliphatic heterocycles. The molecule has 0 unspecified atom stereocenters. The third kappa shape index (κ3) is 3.37. The van der Waals surface area contributed by atoms with Gasteiger partial charge in [-0.1, -0.05) is 46.3 Å². The maximum Gasteiger partial charge on any atom is 0.290 e. The molecule has 0 saturated carbocycles. The Morgan fingerprint density at radius 1 is 1.05 bits per heavy atom. The second-order valence-electron chi connectivity index (χ2n) is 4.85. The molecule has 20 heavy (non-hydrogen) atoms. The summed E-state index contributed by atoms with van der Waals surface area (Å²) in [6, 6.07) is 11.6. The van der Waals surface area contributed by atoms with E-state index in [0.29, 0.717) is 5.69 Å². The third-order valence-corrected chi connectivity index (χ3v) is 4.40.